The highest BCUT2D eigenvalue weighted by molar-refractivity contribution is 5.44. The minimum absolute atomic E-state index is 0. The van der Waals surface area contributed by atoms with Gasteiger partial charge in [0, 0.05) is 6.54 Å². The van der Waals surface area contributed by atoms with Crippen molar-refractivity contribution >= 4 is 0 Å². The summed E-state index contributed by atoms with van der Waals surface area (Å²) >= 11 is 0. The van der Waals surface area contributed by atoms with Gasteiger partial charge in [-0.2, -0.15) is 0 Å². The van der Waals surface area contributed by atoms with E-state index in [1.165, 1.54) is 18.4 Å². The molecule has 1 fully saturated rings. The van der Waals surface area contributed by atoms with Gasteiger partial charge in [0.05, 0.1) is 0 Å². The molecule has 2 N–H and O–H groups in total. The fourth-order valence-electron chi connectivity index (χ4n) is 2.56. The molecule has 0 saturated carbocycles. The molecule has 0 unspecified atom stereocenters. The zero-order valence-corrected chi connectivity index (χ0v) is 12.8. The van der Waals surface area contributed by atoms with Crippen LogP contribution in [0, 0.1) is 5.92 Å². The van der Waals surface area contributed by atoms with Crippen molar-refractivity contribution in [3.05, 3.63) is 23.8 Å². The van der Waals surface area contributed by atoms with E-state index < -0.39 is 0 Å². The van der Waals surface area contributed by atoms with E-state index in [-0.39, 0.29) is 24.8 Å². The molecule has 2 heterocycles. The monoisotopic (exact) mass is 318 g/mol. The Bertz CT molecular complexity index is 412. The minimum atomic E-state index is 0. The largest absolute Gasteiger partial charge is 1.00 e. The summed E-state index contributed by atoms with van der Waals surface area (Å²) in [4.78, 5) is 0. The predicted octanol–water partition coefficient (Wildman–Crippen LogP) is -4.49. The summed E-state index contributed by atoms with van der Waals surface area (Å²) in [6.07, 6.45) is 2.57. The van der Waals surface area contributed by atoms with Crippen LogP contribution in [0.2, 0.25) is 0 Å². The van der Waals surface area contributed by atoms with Crippen molar-refractivity contribution in [2.45, 2.75) is 19.4 Å². The maximum Gasteiger partial charge on any atom is 0.231 e. The standard InChI is InChI=1S/C14H20N2O2.2ClH/c1-2-13-14(18-10-17-13)7-12(1)9-16-8-11-3-5-15-6-4-11;;/h1-2,7,11,15-16H,3-6,8-10H2;2*1H/p-2. The number of halogens is 2. The molecule has 2 aliphatic heterocycles. The number of fused-ring (bicyclic) bond motifs is 1. The Balaban J connectivity index is 0.000001000. The Morgan fingerprint density at radius 3 is 2.65 bits per heavy atom. The van der Waals surface area contributed by atoms with Gasteiger partial charge in [0.2, 0.25) is 6.79 Å². The third-order valence-electron chi connectivity index (χ3n) is 3.66. The topological polar surface area (TPSA) is 42.5 Å². The summed E-state index contributed by atoms with van der Waals surface area (Å²) in [6.45, 7) is 4.69. The zero-order chi connectivity index (χ0) is 12.2. The summed E-state index contributed by atoms with van der Waals surface area (Å²) in [5.41, 5.74) is 1.26. The molecule has 0 radical (unpaired) electrons. The number of hydrogen-bond acceptors (Lipinski definition) is 4. The lowest BCUT2D eigenvalue weighted by Gasteiger charge is -2.22. The third kappa shape index (κ3) is 4.42. The van der Waals surface area contributed by atoms with Gasteiger partial charge in [-0.15, -0.1) is 0 Å². The molecular formula is C14H20Cl2N2O2-2. The third-order valence-corrected chi connectivity index (χ3v) is 3.66. The van der Waals surface area contributed by atoms with Crippen molar-refractivity contribution in [3.63, 3.8) is 0 Å². The van der Waals surface area contributed by atoms with E-state index in [2.05, 4.69) is 22.8 Å². The van der Waals surface area contributed by atoms with Crippen LogP contribution in [0.1, 0.15) is 18.4 Å². The van der Waals surface area contributed by atoms with Crippen molar-refractivity contribution in [2.75, 3.05) is 26.4 Å². The Morgan fingerprint density at radius 1 is 1.10 bits per heavy atom. The van der Waals surface area contributed by atoms with E-state index >= 15 is 0 Å². The normalized spacial score (nSPS) is 17.2. The first-order valence-corrected chi connectivity index (χ1v) is 6.72. The number of nitrogens with one attached hydrogen (secondary N) is 2. The molecule has 1 aromatic carbocycles. The van der Waals surface area contributed by atoms with E-state index in [0.29, 0.717) is 6.79 Å². The SMILES string of the molecule is [Cl-].[Cl-].c1cc2c(cc1CNCC1CCNCC1)OCO2. The average Bonchev–Trinajstić information content (AvgIpc) is 2.87. The van der Waals surface area contributed by atoms with Gasteiger partial charge in [-0.05, 0) is 56.1 Å². The van der Waals surface area contributed by atoms with Crippen molar-refractivity contribution in [1.82, 2.24) is 10.6 Å². The number of hydrogen-bond donors (Lipinski definition) is 2. The first-order chi connectivity index (χ1) is 8.92. The highest BCUT2D eigenvalue weighted by atomic mass is 35.5. The predicted molar refractivity (Wildman–Crippen MR) is 69.9 cm³/mol. The van der Waals surface area contributed by atoms with Crippen molar-refractivity contribution in [2.24, 2.45) is 5.92 Å². The van der Waals surface area contributed by atoms with Gasteiger partial charge >= 0.3 is 0 Å². The summed E-state index contributed by atoms with van der Waals surface area (Å²) in [5, 5.41) is 6.93. The van der Waals surface area contributed by atoms with Gasteiger partial charge in [0.15, 0.2) is 11.5 Å². The smallest absolute Gasteiger partial charge is 0.231 e. The molecule has 0 atom stereocenters. The van der Waals surface area contributed by atoms with Gasteiger partial charge in [-0.25, -0.2) is 0 Å². The molecule has 0 aromatic heterocycles. The molecule has 3 rings (SSSR count). The Kier molecular flexibility index (Phi) is 7.45. The van der Waals surface area contributed by atoms with Gasteiger partial charge in [-0.1, -0.05) is 6.07 Å². The molecule has 0 bridgehead atoms. The van der Waals surface area contributed by atoms with Crippen LogP contribution in [-0.2, 0) is 6.54 Å². The van der Waals surface area contributed by atoms with Crippen LogP contribution < -0.4 is 44.9 Å². The second kappa shape index (κ2) is 8.57. The number of piperidine rings is 1. The number of rotatable bonds is 4. The highest BCUT2D eigenvalue weighted by Crippen LogP contribution is 2.32. The van der Waals surface area contributed by atoms with Crippen LogP contribution >= 0.6 is 0 Å². The van der Waals surface area contributed by atoms with E-state index in [9.17, 15) is 0 Å². The first-order valence-electron chi connectivity index (χ1n) is 6.72. The van der Waals surface area contributed by atoms with Crippen LogP contribution in [0.25, 0.3) is 0 Å². The molecule has 0 aliphatic carbocycles. The van der Waals surface area contributed by atoms with Crippen molar-refractivity contribution in [3.8, 4) is 11.5 Å². The van der Waals surface area contributed by atoms with Gasteiger partial charge in [-0.3, -0.25) is 0 Å². The zero-order valence-electron chi connectivity index (χ0n) is 11.3. The molecule has 114 valence electrons. The van der Waals surface area contributed by atoms with Crippen LogP contribution in [0.4, 0.5) is 0 Å². The average molecular weight is 319 g/mol. The highest BCUT2D eigenvalue weighted by Gasteiger charge is 2.14. The molecule has 1 aromatic rings. The van der Waals surface area contributed by atoms with Crippen LogP contribution in [0.15, 0.2) is 18.2 Å². The van der Waals surface area contributed by atoms with Crippen molar-refractivity contribution in [1.29, 1.82) is 0 Å². The summed E-state index contributed by atoms with van der Waals surface area (Å²) in [7, 11) is 0. The van der Waals surface area contributed by atoms with Crippen LogP contribution in [-0.4, -0.2) is 26.4 Å². The summed E-state index contributed by atoms with van der Waals surface area (Å²) in [5.74, 6) is 2.55. The maximum atomic E-state index is 5.38. The van der Waals surface area contributed by atoms with E-state index in [4.69, 9.17) is 9.47 Å². The fourth-order valence-corrected chi connectivity index (χ4v) is 2.56. The minimum Gasteiger partial charge on any atom is -1.00 e. The molecule has 2 aliphatic rings. The number of benzene rings is 1. The van der Waals surface area contributed by atoms with Gasteiger partial charge < -0.3 is 44.9 Å². The van der Waals surface area contributed by atoms with Gasteiger partial charge in [0.1, 0.15) is 0 Å². The lowest BCUT2D eigenvalue weighted by molar-refractivity contribution is -0.001000. The van der Waals surface area contributed by atoms with Crippen LogP contribution in [0.3, 0.4) is 0 Å². The van der Waals surface area contributed by atoms with Crippen molar-refractivity contribution < 1.29 is 34.3 Å². The molecule has 0 amide bonds. The van der Waals surface area contributed by atoms with E-state index in [0.717, 1.165) is 43.6 Å². The molecule has 6 heteroatoms. The molecule has 1 saturated heterocycles. The quantitative estimate of drug-likeness (QED) is 0.587. The first kappa shape index (κ1) is 17.4. The molecular weight excluding hydrogens is 299 g/mol. The molecule has 0 spiro atoms. The lowest BCUT2D eigenvalue weighted by atomic mass is 9.98. The second-order valence-corrected chi connectivity index (χ2v) is 5.01. The van der Waals surface area contributed by atoms with E-state index in [1.54, 1.807) is 0 Å². The van der Waals surface area contributed by atoms with Crippen LogP contribution in [0.5, 0.6) is 11.5 Å². The van der Waals surface area contributed by atoms with E-state index in [1.807, 2.05) is 6.07 Å². The molecule has 4 nitrogen and oxygen atoms in total. The Labute approximate surface area is 132 Å². The number of ether oxygens (including phenoxy) is 2. The molecule has 20 heavy (non-hydrogen) atoms. The summed E-state index contributed by atoms with van der Waals surface area (Å²) < 4.78 is 10.7. The fraction of sp³-hybridized carbons (Fsp3) is 0.571. The Hall–Kier alpha value is -0.680. The lowest BCUT2D eigenvalue weighted by Crippen LogP contribution is -3.00. The second-order valence-electron chi connectivity index (χ2n) is 5.01. The Morgan fingerprint density at radius 2 is 1.85 bits per heavy atom. The maximum absolute atomic E-state index is 5.38. The summed E-state index contributed by atoms with van der Waals surface area (Å²) in [6, 6.07) is 6.16. The van der Waals surface area contributed by atoms with Gasteiger partial charge in [0.25, 0.3) is 0 Å².